The number of nitrogens with two attached hydrogens (primary N) is 1. The molecule has 1 atom stereocenters. The van der Waals surface area contributed by atoms with Gasteiger partial charge in [-0.2, -0.15) is 0 Å². The van der Waals surface area contributed by atoms with Gasteiger partial charge in [0.15, 0.2) is 0 Å². The Balaban J connectivity index is 2.19. The predicted molar refractivity (Wildman–Crippen MR) is 66.7 cm³/mol. The van der Waals surface area contributed by atoms with E-state index in [9.17, 15) is 14.4 Å². The molecule has 1 heterocycles. The van der Waals surface area contributed by atoms with E-state index in [4.69, 9.17) is 10.8 Å². The van der Waals surface area contributed by atoms with E-state index in [1.165, 1.54) is 29.2 Å². The number of carbonyl (C=O) groups is 3. The van der Waals surface area contributed by atoms with E-state index in [1.54, 1.807) is 0 Å². The molecule has 2 rings (SSSR count). The number of aliphatic carboxylic acids is 1. The molecule has 1 saturated heterocycles. The third-order valence-corrected chi connectivity index (χ3v) is 3.22. The molecule has 1 aromatic rings. The number of nitrogens with zero attached hydrogens (tertiary/aromatic N) is 1. The monoisotopic (exact) mass is 262 g/mol. The van der Waals surface area contributed by atoms with Gasteiger partial charge in [-0.15, -0.1) is 0 Å². The largest absolute Gasteiger partial charge is 0.480 e. The van der Waals surface area contributed by atoms with Gasteiger partial charge >= 0.3 is 5.97 Å². The number of carbonyl (C=O) groups excluding carboxylic acids is 2. The Hall–Kier alpha value is -2.37. The third-order valence-electron chi connectivity index (χ3n) is 3.22. The van der Waals surface area contributed by atoms with E-state index in [2.05, 4.69) is 0 Å². The summed E-state index contributed by atoms with van der Waals surface area (Å²) in [5.41, 5.74) is 5.78. The van der Waals surface area contributed by atoms with Gasteiger partial charge in [0.2, 0.25) is 5.91 Å². The zero-order chi connectivity index (χ0) is 14.0. The van der Waals surface area contributed by atoms with Crippen LogP contribution in [0.2, 0.25) is 0 Å². The van der Waals surface area contributed by atoms with Gasteiger partial charge in [0.25, 0.3) is 5.91 Å². The second kappa shape index (κ2) is 5.09. The molecule has 0 aliphatic carbocycles. The Morgan fingerprint density at radius 3 is 2.26 bits per heavy atom. The first kappa shape index (κ1) is 13.1. The summed E-state index contributed by atoms with van der Waals surface area (Å²) in [7, 11) is 0. The average Bonchev–Trinajstić information content (AvgIpc) is 2.87. The summed E-state index contributed by atoms with van der Waals surface area (Å²) in [5, 5.41) is 9.04. The molecule has 1 unspecified atom stereocenters. The highest BCUT2D eigenvalue weighted by molar-refractivity contribution is 5.98. The van der Waals surface area contributed by atoms with Crippen molar-refractivity contribution in [1.29, 1.82) is 0 Å². The number of likely N-dealkylation sites (tertiary alicyclic amines) is 1. The van der Waals surface area contributed by atoms with E-state index in [0.29, 0.717) is 30.5 Å². The van der Waals surface area contributed by atoms with Crippen LogP contribution in [0.15, 0.2) is 24.3 Å². The Bertz CT molecular complexity index is 524. The number of primary amides is 1. The Kier molecular flexibility index (Phi) is 3.50. The summed E-state index contributed by atoms with van der Waals surface area (Å²) >= 11 is 0. The molecule has 0 radical (unpaired) electrons. The maximum atomic E-state index is 12.2. The van der Waals surface area contributed by atoms with E-state index in [1.807, 2.05) is 0 Å². The van der Waals surface area contributed by atoms with Gasteiger partial charge in [-0.05, 0) is 37.1 Å². The van der Waals surface area contributed by atoms with Crippen molar-refractivity contribution in [3.05, 3.63) is 35.4 Å². The average molecular weight is 262 g/mol. The molecule has 1 fully saturated rings. The molecule has 0 aromatic heterocycles. The van der Waals surface area contributed by atoms with Crippen molar-refractivity contribution in [2.24, 2.45) is 5.73 Å². The molecular weight excluding hydrogens is 248 g/mol. The standard InChI is InChI=1S/C13H14N2O4/c14-11(16)8-3-5-9(6-4-8)12(17)15-7-1-2-10(15)13(18)19/h3-6,10H,1-2,7H2,(H2,14,16)(H,18,19). The number of carboxylic acids is 1. The predicted octanol–water partition coefficient (Wildman–Crippen LogP) is 0.475. The van der Waals surface area contributed by atoms with Crippen LogP contribution in [-0.2, 0) is 4.79 Å². The number of amides is 2. The number of hydrogen-bond donors (Lipinski definition) is 2. The lowest BCUT2D eigenvalue weighted by Gasteiger charge is -2.21. The Morgan fingerprint density at radius 1 is 1.16 bits per heavy atom. The second-order valence-corrected chi connectivity index (χ2v) is 4.44. The number of benzene rings is 1. The SMILES string of the molecule is NC(=O)c1ccc(C(=O)N2CCCC2C(=O)O)cc1. The van der Waals surface area contributed by atoms with Gasteiger partial charge in [-0.25, -0.2) is 4.79 Å². The maximum absolute atomic E-state index is 12.2. The minimum atomic E-state index is -0.986. The second-order valence-electron chi connectivity index (χ2n) is 4.44. The molecular formula is C13H14N2O4. The number of rotatable bonds is 3. The quantitative estimate of drug-likeness (QED) is 0.827. The molecule has 100 valence electrons. The van der Waals surface area contributed by atoms with Crippen molar-refractivity contribution in [3.8, 4) is 0 Å². The fraction of sp³-hybridized carbons (Fsp3) is 0.308. The first-order valence-electron chi connectivity index (χ1n) is 5.94. The summed E-state index contributed by atoms with van der Waals surface area (Å²) in [6.45, 7) is 0.438. The topological polar surface area (TPSA) is 101 Å². The molecule has 0 spiro atoms. The van der Waals surface area contributed by atoms with Crippen LogP contribution in [0.4, 0.5) is 0 Å². The van der Waals surface area contributed by atoms with Crippen LogP contribution in [0.3, 0.4) is 0 Å². The lowest BCUT2D eigenvalue weighted by Crippen LogP contribution is -2.40. The van der Waals surface area contributed by atoms with Crippen molar-refractivity contribution in [1.82, 2.24) is 4.90 Å². The molecule has 0 saturated carbocycles. The van der Waals surface area contributed by atoms with Crippen LogP contribution in [0, 0.1) is 0 Å². The van der Waals surface area contributed by atoms with Crippen LogP contribution in [0.5, 0.6) is 0 Å². The molecule has 3 N–H and O–H groups in total. The Labute approximate surface area is 109 Å². The first-order chi connectivity index (χ1) is 9.00. The van der Waals surface area contributed by atoms with E-state index < -0.39 is 17.9 Å². The summed E-state index contributed by atoms with van der Waals surface area (Å²) in [5.74, 6) is -1.89. The molecule has 1 aliphatic rings. The van der Waals surface area contributed by atoms with Gasteiger partial charge in [0.1, 0.15) is 6.04 Å². The van der Waals surface area contributed by atoms with Crippen molar-refractivity contribution in [2.75, 3.05) is 6.54 Å². The van der Waals surface area contributed by atoms with Crippen molar-refractivity contribution in [2.45, 2.75) is 18.9 Å². The summed E-state index contributed by atoms with van der Waals surface area (Å²) in [4.78, 5) is 35.5. The minimum absolute atomic E-state index is 0.313. The highest BCUT2D eigenvalue weighted by Crippen LogP contribution is 2.20. The zero-order valence-corrected chi connectivity index (χ0v) is 10.2. The molecule has 6 heteroatoms. The molecule has 19 heavy (non-hydrogen) atoms. The fourth-order valence-corrected chi connectivity index (χ4v) is 2.21. The highest BCUT2D eigenvalue weighted by atomic mass is 16.4. The summed E-state index contributed by atoms with van der Waals surface area (Å²) in [6, 6.07) is 5.13. The van der Waals surface area contributed by atoms with Crippen LogP contribution in [0.25, 0.3) is 0 Å². The first-order valence-corrected chi connectivity index (χ1v) is 5.94. The lowest BCUT2D eigenvalue weighted by atomic mass is 10.1. The lowest BCUT2D eigenvalue weighted by molar-refractivity contribution is -0.141. The van der Waals surface area contributed by atoms with Crippen LogP contribution in [-0.4, -0.2) is 40.4 Å². The number of hydrogen-bond acceptors (Lipinski definition) is 3. The smallest absolute Gasteiger partial charge is 0.326 e. The van der Waals surface area contributed by atoms with Gasteiger partial charge in [0.05, 0.1) is 0 Å². The minimum Gasteiger partial charge on any atom is -0.480 e. The summed E-state index contributed by atoms with van der Waals surface area (Å²) < 4.78 is 0. The van der Waals surface area contributed by atoms with E-state index in [-0.39, 0.29) is 5.91 Å². The van der Waals surface area contributed by atoms with E-state index >= 15 is 0 Å². The van der Waals surface area contributed by atoms with Crippen molar-refractivity contribution < 1.29 is 19.5 Å². The zero-order valence-electron chi connectivity index (χ0n) is 10.2. The van der Waals surface area contributed by atoms with Crippen LogP contribution in [0.1, 0.15) is 33.6 Å². The molecule has 1 aliphatic heterocycles. The normalized spacial score (nSPS) is 18.3. The van der Waals surface area contributed by atoms with Crippen molar-refractivity contribution in [3.63, 3.8) is 0 Å². The van der Waals surface area contributed by atoms with Gasteiger partial charge in [-0.3, -0.25) is 9.59 Å². The van der Waals surface area contributed by atoms with Crippen LogP contribution >= 0.6 is 0 Å². The summed E-state index contributed by atoms with van der Waals surface area (Å²) in [6.07, 6.45) is 1.16. The maximum Gasteiger partial charge on any atom is 0.326 e. The molecule has 1 aromatic carbocycles. The Morgan fingerprint density at radius 2 is 1.74 bits per heavy atom. The third kappa shape index (κ3) is 2.57. The van der Waals surface area contributed by atoms with Gasteiger partial charge in [0, 0.05) is 17.7 Å². The van der Waals surface area contributed by atoms with Gasteiger partial charge in [-0.1, -0.05) is 0 Å². The highest BCUT2D eigenvalue weighted by Gasteiger charge is 2.34. The molecule has 0 bridgehead atoms. The van der Waals surface area contributed by atoms with E-state index in [0.717, 1.165) is 0 Å². The fourth-order valence-electron chi connectivity index (χ4n) is 2.21. The number of carboxylic acid groups (broad SMARTS) is 1. The van der Waals surface area contributed by atoms with Crippen LogP contribution < -0.4 is 5.73 Å². The van der Waals surface area contributed by atoms with Crippen molar-refractivity contribution >= 4 is 17.8 Å². The molecule has 2 amide bonds. The van der Waals surface area contributed by atoms with Gasteiger partial charge < -0.3 is 15.7 Å². The molecule has 6 nitrogen and oxygen atoms in total.